The van der Waals surface area contributed by atoms with Crippen molar-refractivity contribution in [1.82, 2.24) is 24.8 Å². The number of carbonyl (C=O) groups excluding carboxylic acids is 1. The molecule has 8 nitrogen and oxygen atoms in total. The maximum Gasteiger partial charge on any atom is 0.276 e. The molecule has 0 aromatic carbocycles. The van der Waals surface area contributed by atoms with Crippen molar-refractivity contribution in [2.45, 2.75) is 38.4 Å². The zero-order chi connectivity index (χ0) is 19.5. The van der Waals surface area contributed by atoms with E-state index in [1.54, 1.807) is 6.07 Å². The summed E-state index contributed by atoms with van der Waals surface area (Å²) in [4.78, 5) is 21.9. The van der Waals surface area contributed by atoms with E-state index in [1.807, 2.05) is 4.90 Å². The summed E-state index contributed by atoms with van der Waals surface area (Å²) in [5.41, 5.74) is 0.434. The van der Waals surface area contributed by atoms with Crippen molar-refractivity contribution < 1.29 is 14.1 Å². The molecule has 28 heavy (non-hydrogen) atoms. The number of nitrogens with zero attached hydrogens (tertiary/aromatic N) is 5. The normalized spacial score (nSPS) is 23.3. The van der Waals surface area contributed by atoms with Crippen LogP contribution in [0.1, 0.15) is 36.0 Å². The van der Waals surface area contributed by atoms with Gasteiger partial charge in [0.15, 0.2) is 11.5 Å². The van der Waals surface area contributed by atoms with Crippen LogP contribution in [-0.4, -0.2) is 109 Å². The van der Waals surface area contributed by atoms with Gasteiger partial charge < -0.3 is 19.1 Å². The molecule has 0 radical (unpaired) electrons. The highest BCUT2D eigenvalue weighted by molar-refractivity contribution is 5.92. The lowest BCUT2D eigenvalue weighted by Gasteiger charge is -2.49. The van der Waals surface area contributed by atoms with Gasteiger partial charge in [0.25, 0.3) is 5.91 Å². The molecule has 0 saturated carbocycles. The second-order valence-corrected chi connectivity index (χ2v) is 8.30. The first kappa shape index (κ1) is 19.8. The molecule has 0 aliphatic carbocycles. The van der Waals surface area contributed by atoms with E-state index in [-0.39, 0.29) is 5.91 Å². The van der Waals surface area contributed by atoms with Crippen LogP contribution in [0.3, 0.4) is 0 Å². The number of likely N-dealkylation sites (tertiary alicyclic amines) is 2. The number of likely N-dealkylation sites (N-methyl/N-ethyl adjacent to an activating group) is 1. The van der Waals surface area contributed by atoms with Crippen LogP contribution in [0.4, 0.5) is 0 Å². The predicted octanol–water partition coefficient (Wildman–Crippen LogP) is 0.747. The summed E-state index contributed by atoms with van der Waals surface area (Å²) in [6.07, 6.45) is 2.45. The van der Waals surface area contributed by atoms with Gasteiger partial charge in [-0.25, -0.2) is 0 Å². The number of piperidine rings is 1. The zero-order valence-corrected chi connectivity index (χ0v) is 17.2. The molecule has 0 N–H and O–H groups in total. The Hall–Kier alpha value is -1.48. The maximum absolute atomic E-state index is 12.8. The van der Waals surface area contributed by atoms with Gasteiger partial charge in [-0.15, -0.1) is 0 Å². The molecular formula is C20H33N5O3. The van der Waals surface area contributed by atoms with Crippen molar-refractivity contribution in [1.29, 1.82) is 0 Å². The Kier molecular flexibility index (Phi) is 6.30. The lowest BCUT2D eigenvalue weighted by Crippen LogP contribution is -2.63. The number of hydrogen-bond donors (Lipinski definition) is 0. The van der Waals surface area contributed by atoms with Crippen LogP contribution in [0.5, 0.6) is 0 Å². The number of rotatable bonds is 6. The Morgan fingerprint density at radius 3 is 2.57 bits per heavy atom. The predicted molar refractivity (Wildman–Crippen MR) is 105 cm³/mol. The van der Waals surface area contributed by atoms with Gasteiger partial charge in [-0.05, 0) is 39.5 Å². The number of carbonyl (C=O) groups is 1. The topological polar surface area (TPSA) is 65.3 Å². The van der Waals surface area contributed by atoms with E-state index >= 15 is 0 Å². The number of hydrogen-bond acceptors (Lipinski definition) is 7. The minimum atomic E-state index is -0.00680. The van der Waals surface area contributed by atoms with Gasteiger partial charge in [0.2, 0.25) is 0 Å². The van der Waals surface area contributed by atoms with E-state index in [9.17, 15) is 4.79 Å². The van der Waals surface area contributed by atoms with E-state index in [2.05, 4.69) is 33.8 Å². The van der Waals surface area contributed by atoms with E-state index in [0.29, 0.717) is 24.3 Å². The zero-order valence-electron chi connectivity index (χ0n) is 17.2. The maximum atomic E-state index is 12.8. The summed E-state index contributed by atoms with van der Waals surface area (Å²) in [5, 5.41) is 4.03. The second-order valence-electron chi connectivity index (χ2n) is 8.30. The van der Waals surface area contributed by atoms with Crippen LogP contribution >= 0.6 is 0 Å². The lowest BCUT2D eigenvalue weighted by molar-refractivity contribution is -0.000472. The number of amides is 1. The van der Waals surface area contributed by atoms with Gasteiger partial charge in [0, 0.05) is 44.3 Å². The molecule has 4 rings (SSSR count). The molecule has 0 spiro atoms. The summed E-state index contributed by atoms with van der Waals surface area (Å²) in [7, 11) is 2.20. The van der Waals surface area contributed by atoms with E-state index < -0.39 is 0 Å². The quantitative estimate of drug-likeness (QED) is 0.709. The highest BCUT2D eigenvalue weighted by Crippen LogP contribution is 2.24. The van der Waals surface area contributed by atoms with E-state index in [4.69, 9.17) is 9.26 Å². The monoisotopic (exact) mass is 391 g/mol. The largest absolute Gasteiger partial charge is 0.379 e. The number of morpholine rings is 1. The molecule has 156 valence electrons. The van der Waals surface area contributed by atoms with Crippen LogP contribution < -0.4 is 0 Å². The Morgan fingerprint density at radius 2 is 1.89 bits per heavy atom. The van der Waals surface area contributed by atoms with Gasteiger partial charge in [0.05, 0.1) is 19.8 Å². The van der Waals surface area contributed by atoms with Crippen LogP contribution in [0.15, 0.2) is 10.6 Å². The van der Waals surface area contributed by atoms with Crippen LogP contribution in [-0.2, 0) is 11.3 Å². The molecule has 1 aromatic rings. The smallest absolute Gasteiger partial charge is 0.276 e. The van der Waals surface area contributed by atoms with Crippen molar-refractivity contribution in [3.63, 3.8) is 0 Å². The molecule has 0 atom stereocenters. The minimum Gasteiger partial charge on any atom is -0.379 e. The van der Waals surface area contributed by atoms with Crippen molar-refractivity contribution in [3.05, 3.63) is 17.5 Å². The van der Waals surface area contributed by atoms with Gasteiger partial charge in [-0.2, -0.15) is 0 Å². The van der Waals surface area contributed by atoms with Crippen LogP contribution in [0.25, 0.3) is 0 Å². The molecule has 1 amide bonds. The Bertz CT molecular complexity index is 646. The average molecular weight is 392 g/mol. The van der Waals surface area contributed by atoms with Gasteiger partial charge in [-0.1, -0.05) is 12.1 Å². The fourth-order valence-electron chi connectivity index (χ4n) is 4.60. The minimum absolute atomic E-state index is 0.00680. The molecular weight excluding hydrogens is 358 g/mol. The van der Waals surface area contributed by atoms with Crippen molar-refractivity contribution in [3.8, 4) is 0 Å². The second kappa shape index (κ2) is 8.90. The fourth-order valence-corrected chi connectivity index (χ4v) is 4.60. The SMILES string of the molecule is CCN(C1CCN(C)CC1)C1CN(C(=O)c2cc(CN3CCOCC3)on2)C1. The van der Waals surface area contributed by atoms with Gasteiger partial charge in [-0.3, -0.25) is 14.6 Å². The summed E-state index contributed by atoms with van der Waals surface area (Å²) in [6.45, 7) is 11.2. The molecule has 3 saturated heterocycles. The molecule has 3 aliphatic heterocycles. The van der Waals surface area contributed by atoms with E-state index in [1.165, 1.54) is 25.9 Å². The first-order valence-corrected chi connectivity index (χ1v) is 10.6. The first-order valence-electron chi connectivity index (χ1n) is 10.6. The third-order valence-corrected chi connectivity index (χ3v) is 6.40. The molecule has 8 heteroatoms. The molecule has 1 aromatic heterocycles. The van der Waals surface area contributed by atoms with Gasteiger partial charge in [0.1, 0.15) is 0 Å². The highest BCUT2D eigenvalue weighted by Gasteiger charge is 2.38. The summed E-state index contributed by atoms with van der Waals surface area (Å²) < 4.78 is 10.8. The van der Waals surface area contributed by atoms with Crippen molar-refractivity contribution >= 4 is 5.91 Å². The van der Waals surface area contributed by atoms with Crippen LogP contribution in [0, 0.1) is 0 Å². The molecule has 3 aliphatic rings. The molecule has 0 unspecified atom stereocenters. The third kappa shape index (κ3) is 4.40. The van der Waals surface area contributed by atoms with Crippen molar-refractivity contribution in [2.24, 2.45) is 0 Å². The summed E-state index contributed by atoms with van der Waals surface area (Å²) in [6, 6.07) is 2.93. The number of aromatic nitrogens is 1. The van der Waals surface area contributed by atoms with Crippen LogP contribution in [0.2, 0.25) is 0 Å². The summed E-state index contributed by atoms with van der Waals surface area (Å²) in [5.74, 6) is 0.747. The average Bonchev–Trinajstić information content (AvgIpc) is 3.14. The lowest BCUT2D eigenvalue weighted by atomic mass is 9.98. The molecule has 4 heterocycles. The third-order valence-electron chi connectivity index (χ3n) is 6.40. The number of ether oxygens (including phenoxy) is 1. The van der Waals surface area contributed by atoms with Crippen molar-refractivity contribution in [2.75, 3.05) is 66.1 Å². The van der Waals surface area contributed by atoms with Gasteiger partial charge >= 0.3 is 0 Å². The standard InChI is InChI=1S/C20H33N5O3/c1-3-25(16-4-6-22(2)7-5-16)17-13-24(14-17)20(26)19-12-18(28-21-19)15-23-8-10-27-11-9-23/h12,16-17H,3-11,13-15H2,1-2H3. The van der Waals surface area contributed by atoms with E-state index in [0.717, 1.165) is 51.7 Å². The first-order chi connectivity index (χ1) is 13.6. The Balaban J connectivity index is 1.27. The summed E-state index contributed by atoms with van der Waals surface area (Å²) >= 11 is 0. The molecule has 3 fully saturated rings. The molecule has 0 bridgehead atoms. The Labute approximate surface area is 167 Å². The highest BCUT2D eigenvalue weighted by atomic mass is 16.5. The fraction of sp³-hybridized carbons (Fsp3) is 0.800. The Morgan fingerprint density at radius 1 is 1.18 bits per heavy atom.